The molecule has 0 fully saturated rings. The first-order chi connectivity index (χ1) is 11.1. The van der Waals surface area contributed by atoms with Crippen molar-refractivity contribution >= 4 is 34.2 Å². The van der Waals surface area contributed by atoms with Gasteiger partial charge in [-0.05, 0) is 42.0 Å². The number of H-pyrrole nitrogens is 1. The fraction of sp³-hybridized carbons (Fsp3) is 0.118. The first-order valence-corrected chi connectivity index (χ1v) is 7.55. The van der Waals surface area contributed by atoms with Crippen LogP contribution in [0.25, 0.3) is 10.9 Å². The molecule has 1 unspecified atom stereocenters. The van der Waals surface area contributed by atoms with Gasteiger partial charge in [0.2, 0.25) is 0 Å². The molecule has 0 aliphatic carbocycles. The van der Waals surface area contributed by atoms with E-state index in [1.54, 1.807) is 24.3 Å². The molecule has 0 radical (unpaired) electrons. The van der Waals surface area contributed by atoms with Gasteiger partial charge in [-0.25, -0.2) is 4.79 Å². The highest BCUT2D eigenvalue weighted by Crippen LogP contribution is 2.18. The summed E-state index contributed by atoms with van der Waals surface area (Å²) in [6.07, 6.45) is 1.06. The van der Waals surface area contributed by atoms with Crippen LogP contribution < -0.4 is 10.6 Å². The first kappa shape index (κ1) is 15.4. The van der Waals surface area contributed by atoms with Crippen molar-refractivity contribution in [3.63, 3.8) is 0 Å². The number of fused-ring (bicyclic) bond motifs is 1. The number of carbonyl (C=O) groups is 1. The third-order valence-electron chi connectivity index (χ3n) is 3.52. The SMILES string of the molecule is O=C(NCC(O)c1ccc(Cl)cc1)Nc1ccc2[nH]ccc2c1. The number of anilines is 1. The van der Waals surface area contributed by atoms with Crippen LogP contribution in [0.2, 0.25) is 5.02 Å². The van der Waals surface area contributed by atoms with E-state index in [1.165, 1.54) is 0 Å². The van der Waals surface area contributed by atoms with E-state index in [4.69, 9.17) is 11.6 Å². The van der Waals surface area contributed by atoms with Crippen LogP contribution in [0.15, 0.2) is 54.7 Å². The molecule has 118 valence electrons. The maximum absolute atomic E-state index is 11.9. The molecule has 1 heterocycles. The Morgan fingerprint density at radius 1 is 1.17 bits per heavy atom. The molecule has 0 saturated carbocycles. The third kappa shape index (κ3) is 3.83. The number of aromatic nitrogens is 1. The van der Waals surface area contributed by atoms with Crippen molar-refractivity contribution in [2.45, 2.75) is 6.10 Å². The molecule has 3 rings (SSSR count). The Bertz CT molecular complexity index is 814. The van der Waals surface area contributed by atoms with Gasteiger partial charge in [0.25, 0.3) is 0 Å². The average Bonchev–Trinajstić information content (AvgIpc) is 3.01. The zero-order chi connectivity index (χ0) is 16.2. The fourth-order valence-corrected chi connectivity index (χ4v) is 2.42. The molecule has 4 N–H and O–H groups in total. The number of nitrogens with one attached hydrogen (secondary N) is 3. The lowest BCUT2D eigenvalue weighted by Crippen LogP contribution is -2.32. The number of amides is 2. The Kier molecular flexibility index (Phi) is 4.50. The molecular weight excluding hydrogens is 314 g/mol. The van der Waals surface area contributed by atoms with E-state index < -0.39 is 6.10 Å². The summed E-state index contributed by atoms with van der Waals surface area (Å²) in [6, 6.07) is 14.0. The van der Waals surface area contributed by atoms with Crippen molar-refractivity contribution < 1.29 is 9.90 Å². The highest BCUT2D eigenvalue weighted by molar-refractivity contribution is 6.30. The quantitative estimate of drug-likeness (QED) is 0.589. The highest BCUT2D eigenvalue weighted by Gasteiger charge is 2.09. The predicted molar refractivity (Wildman–Crippen MR) is 91.7 cm³/mol. The Labute approximate surface area is 138 Å². The van der Waals surface area contributed by atoms with E-state index in [2.05, 4.69) is 15.6 Å². The number of hydrogen-bond donors (Lipinski definition) is 4. The second kappa shape index (κ2) is 6.73. The summed E-state index contributed by atoms with van der Waals surface area (Å²) in [6.45, 7) is 0.111. The number of rotatable bonds is 4. The Morgan fingerprint density at radius 2 is 1.96 bits per heavy atom. The molecule has 3 aromatic rings. The second-order valence-electron chi connectivity index (χ2n) is 5.18. The third-order valence-corrected chi connectivity index (χ3v) is 3.77. The van der Waals surface area contributed by atoms with Crippen LogP contribution in [-0.2, 0) is 0 Å². The van der Waals surface area contributed by atoms with E-state index in [0.29, 0.717) is 16.3 Å². The summed E-state index contributed by atoms with van der Waals surface area (Å²) < 4.78 is 0. The fourth-order valence-electron chi connectivity index (χ4n) is 2.30. The minimum atomic E-state index is -0.787. The van der Waals surface area contributed by atoms with Crippen molar-refractivity contribution in [1.29, 1.82) is 0 Å². The maximum atomic E-state index is 11.9. The number of aliphatic hydroxyl groups is 1. The van der Waals surface area contributed by atoms with Crippen molar-refractivity contribution in [2.24, 2.45) is 0 Å². The summed E-state index contributed by atoms with van der Waals surface area (Å²) in [7, 11) is 0. The number of carbonyl (C=O) groups excluding carboxylic acids is 1. The lowest BCUT2D eigenvalue weighted by atomic mass is 10.1. The monoisotopic (exact) mass is 329 g/mol. The topological polar surface area (TPSA) is 77.2 Å². The molecule has 0 aliphatic heterocycles. The van der Waals surface area contributed by atoms with Crippen molar-refractivity contribution in [1.82, 2.24) is 10.3 Å². The number of aromatic amines is 1. The van der Waals surface area contributed by atoms with Gasteiger partial charge in [-0.3, -0.25) is 0 Å². The molecular formula is C17H16ClN3O2. The van der Waals surface area contributed by atoms with Crippen LogP contribution in [0.4, 0.5) is 10.5 Å². The molecule has 0 saturated heterocycles. The molecule has 23 heavy (non-hydrogen) atoms. The van der Waals surface area contributed by atoms with Crippen LogP contribution in [-0.4, -0.2) is 22.7 Å². The van der Waals surface area contributed by atoms with Gasteiger partial charge >= 0.3 is 6.03 Å². The van der Waals surface area contributed by atoms with Crippen LogP contribution in [0, 0.1) is 0 Å². The lowest BCUT2D eigenvalue weighted by molar-refractivity contribution is 0.175. The summed E-state index contributed by atoms with van der Waals surface area (Å²) >= 11 is 5.80. The van der Waals surface area contributed by atoms with Crippen LogP contribution in [0.3, 0.4) is 0 Å². The summed E-state index contributed by atoms with van der Waals surface area (Å²) in [5.41, 5.74) is 2.40. The van der Waals surface area contributed by atoms with E-state index in [-0.39, 0.29) is 12.6 Å². The lowest BCUT2D eigenvalue weighted by Gasteiger charge is -2.13. The number of halogens is 1. The average molecular weight is 330 g/mol. The highest BCUT2D eigenvalue weighted by atomic mass is 35.5. The molecule has 6 heteroatoms. The van der Waals surface area contributed by atoms with Gasteiger partial charge in [-0.2, -0.15) is 0 Å². The molecule has 2 aromatic carbocycles. The van der Waals surface area contributed by atoms with Gasteiger partial charge in [0.05, 0.1) is 6.10 Å². The number of benzene rings is 2. The summed E-state index contributed by atoms with van der Waals surface area (Å²) in [5.74, 6) is 0. The maximum Gasteiger partial charge on any atom is 0.319 e. The largest absolute Gasteiger partial charge is 0.387 e. The first-order valence-electron chi connectivity index (χ1n) is 7.17. The van der Waals surface area contributed by atoms with Crippen molar-refractivity contribution in [2.75, 3.05) is 11.9 Å². The predicted octanol–water partition coefficient (Wildman–Crippen LogP) is 3.68. The van der Waals surface area contributed by atoms with E-state index in [0.717, 1.165) is 10.9 Å². The van der Waals surface area contributed by atoms with Gasteiger partial charge < -0.3 is 20.7 Å². The molecule has 0 bridgehead atoms. The Hall–Kier alpha value is -2.50. The van der Waals surface area contributed by atoms with Crippen LogP contribution >= 0.6 is 11.6 Å². The van der Waals surface area contributed by atoms with Gasteiger partial charge in [0, 0.05) is 34.4 Å². The minimum Gasteiger partial charge on any atom is -0.387 e. The van der Waals surface area contributed by atoms with Crippen LogP contribution in [0.5, 0.6) is 0 Å². The standard InChI is InChI=1S/C17H16ClN3O2/c18-13-3-1-11(2-4-13)16(22)10-20-17(23)21-14-5-6-15-12(9-14)7-8-19-15/h1-9,16,19,22H,10H2,(H2,20,21,23). The van der Waals surface area contributed by atoms with Gasteiger partial charge in [-0.15, -0.1) is 0 Å². The van der Waals surface area contributed by atoms with Crippen molar-refractivity contribution in [3.8, 4) is 0 Å². The molecule has 0 aliphatic rings. The van der Waals surface area contributed by atoms with Gasteiger partial charge in [0.15, 0.2) is 0 Å². The number of hydrogen-bond acceptors (Lipinski definition) is 2. The van der Waals surface area contributed by atoms with Gasteiger partial charge in [0.1, 0.15) is 0 Å². The summed E-state index contributed by atoms with van der Waals surface area (Å²) in [5, 5.41) is 17.1. The molecule has 0 spiro atoms. The molecule has 1 atom stereocenters. The number of urea groups is 1. The molecule has 2 amide bonds. The Balaban J connectivity index is 1.55. The minimum absolute atomic E-state index is 0.111. The smallest absolute Gasteiger partial charge is 0.319 e. The van der Waals surface area contributed by atoms with E-state index in [1.807, 2.05) is 30.5 Å². The number of aliphatic hydroxyl groups excluding tert-OH is 1. The summed E-state index contributed by atoms with van der Waals surface area (Å²) in [4.78, 5) is 15.0. The van der Waals surface area contributed by atoms with E-state index >= 15 is 0 Å². The second-order valence-corrected chi connectivity index (χ2v) is 5.62. The zero-order valence-corrected chi connectivity index (χ0v) is 13.0. The Morgan fingerprint density at radius 3 is 2.74 bits per heavy atom. The zero-order valence-electron chi connectivity index (χ0n) is 12.2. The molecule has 5 nitrogen and oxygen atoms in total. The van der Waals surface area contributed by atoms with Crippen molar-refractivity contribution in [3.05, 3.63) is 65.3 Å². The van der Waals surface area contributed by atoms with Gasteiger partial charge in [-0.1, -0.05) is 23.7 Å². The molecule has 1 aromatic heterocycles. The van der Waals surface area contributed by atoms with E-state index in [9.17, 15) is 9.90 Å². The normalized spacial score (nSPS) is 12.1. The van der Waals surface area contributed by atoms with Crippen LogP contribution in [0.1, 0.15) is 11.7 Å².